The minimum atomic E-state index is -1.16. The van der Waals surface area contributed by atoms with Crippen molar-refractivity contribution in [2.24, 2.45) is 0 Å². The topological polar surface area (TPSA) is 50.4 Å². The molecule has 80 valence electrons. The van der Waals surface area contributed by atoms with E-state index in [0.717, 1.165) is 0 Å². The largest absolute Gasteiger partial charge is 0.460 e. The molecular weight excluding hydrogens is 204 g/mol. The predicted octanol–water partition coefficient (Wildman–Crippen LogP) is 2.08. The highest BCUT2D eigenvalue weighted by Crippen LogP contribution is 2.39. The molecule has 3 rings (SSSR count). The van der Waals surface area contributed by atoms with E-state index >= 15 is 0 Å². The Balaban J connectivity index is 2.38. The Morgan fingerprint density at radius 2 is 1.94 bits per heavy atom. The van der Waals surface area contributed by atoms with Gasteiger partial charge in [0.2, 0.25) is 5.78 Å². The lowest BCUT2D eigenvalue weighted by Crippen LogP contribution is -2.31. The molecule has 1 aliphatic rings. The summed E-state index contributed by atoms with van der Waals surface area (Å²) in [5, 5.41) is 10.5. The molecule has 1 N–H and O–H groups in total. The minimum absolute atomic E-state index is 0.165. The van der Waals surface area contributed by atoms with Crippen molar-refractivity contribution in [3.05, 3.63) is 59.0 Å². The van der Waals surface area contributed by atoms with Gasteiger partial charge in [-0.05, 0) is 18.6 Å². The molecule has 3 heteroatoms. The van der Waals surface area contributed by atoms with Crippen LogP contribution in [0.5, 0.6) is 0 Å². The summed E-state index contributed by atoms with van der Waals surface area (Å²) in [4.78, 5) is 12.1. The van der Waals surface area contributed by atoms with Gasteiger partial charge in [-0.1, -0.05) is 24.3 Å². The first-order valence-electron chi connectivity index (χ1n) is 5.07. The molecule has 0 spiro atoms. The fourth-order valence-electron chi connectivity index (χ4n) is 2.24. The van der Waals surface area contributed by atoms with E-state index in [0.29, 0.717) is 16.7 Å². The van der Waals surface area contributed by atoms with Gasteiger partial charge in [0.05, 0.1) is 6.26 Å². The fraction of sp³-hybridized carbons (Fsp3) is 0.154. The Morgan fingerprint density at radius 3 is 2.75 bits per heavy atom. The maximum atomic E-state index is 12.1. The van der Waals surface area contributed by atoms with Crippen LogP contribution in [-0.4, -0.2) is 10.9 Å². The molecule has 0 fully saturated rings. The van der Waals surface area contributed by atoms with Gasteiger partial charge in [0, 0.05) is 11.1 Å². The number of fused-ring (bicyclic) bond motifs is 2. The molecule has 16 heavy (non-hydrogen) atoms. The number of rotatable bonds is 0. The lowest BCUT2D eigenvalue weighted by Gasteiger charge is -2.29. The standard InChI is InChI=1S/C13H10O3/c1-13(15)9-5-3-2-4-8(9)11(14)12-10(13)6-7-16-12/h2-7,15H,1H3. The van der Waals surface area contributed by atoms with Gasteiger partial charge in [0.25, 0.3) is 0 Å². The van der Waals surface area contributed by atoms with Crippen molar-refractivity contribution in [2.75, 3.05) is 0 Å². The molecular formula is C13H10O3. The first-order chi connectivity index (χ1) is 7.62. The van der Waals surface area contributed by atoms with Crippen molar-refractivity contribution < 1.29 is 14.3 Å². The molecule has 1 atom stereocenters. The van der Waals surface area contributed by atoms with Gasteiger partial charge in [0.1, 0.15) is 5.60 Å². The highest BCUT2D eigenvalue weighted by atomic mass is 16.3. The third-order valence-electron chi connectivity index (χ3n) is 3.09. The van der Waals surface area contributed by atoms with Crippen LogP contribution < -0.4 is 0 Å². The van der Waals surface area contributed by atoms with E-state index in [9.17, 15) is 9.90 Å². The number of ketones is 1. The van der Waals surface area contributed by atoms with Crippen LogP contribution in [0, 0.1) is 0 Å². The summed E-state index contributed by atoms with van der Waals surface area (Å²) >= 11 is 0. The summed E-state index contributed by atoms with van der Waals surface area (Å²) in [5.74, 6) is 0.0748. The van der Waals surface area contributed by atoms with E-state index in [1.165, 1.54) is 6.26 Å². The Hall–Kier alpha value is -1.87. The fourth-order valence-corrected chi connectivity index (χ4v) is 2.24. The third kappa shape index (κ3) is 0.981. The molecule has 3 nitrogen and oxygen atoms in total. The number of benzene rings is 1. The van der Waals surface area contributed by atoms with E-state index in [1.807, 2.05) is 6.07 Å². The Labute approximate surface area is 92.3 Å². The highest BCUT2D eigenvalue weighted by molar-refractivity contribution is 6.11. The van der Waals surface area contributed by atoms with Crippen LogP contribution in [0.3, 0.4) is 0 Å². The van der Waals surface area contributed by atoms with Gasteiger partial charge in [-0.25, -0.2) is 0 Å². The second-order valence-corrected chi connectivity index (χ2v) is 4.11. The molecule has 1 unspecified atom stereocenters. The monoisotopic (exact) mass is 214 g/mol. The second kappa shape index (κ2) is 2.83. The number of carbonyl (C=O) groups excluding carboxylic acids is 1. The zero-order valence-electron chi connectivity index (χ0n) is 8.73. The third-order valence-corrected chi connectivity index (χ3v) is 3.09. The van der Waals surface area contributed by atoms with Crippen LogP contribution in [-0.2, 0) is 5.60 Å². The highest BCUT2D eigenvalue weighted by Gasteiger charge is 2.40. The molecule has 0 saturated heterocycles. The molecule has 0 amide bonds. The van der Waals surface area contributed by atoms with E-state index in [2.05, 4.69) is 0 Å². The number of hydrogen-bond donors (Lipinski definition) is 1. The van der Waals surface area contributed by atoms with Gasteiger partial charge in [-0.3, -0.25) is 4.79 Å². The molecule has 2 aromatic rings. The first kappa shape index (κ1) is 9.36. The summed E-state index contributed by atoms with van der Waals surface area (Å²) in [7, 11) is 0. The van der Waals surface area contributed by atoms with Crippen LogP contribution in [0.15, 0.2) is 41.0 Å². The zero-order chi connectivity index (χ0) is 11.3. The average molecular weight is 214 g/mol. The molecule has 0 aliphatic heterocycles. The summed E-state index contributed by atoms with van der Waals surface area (Å²) < 4.78 is 5.15. The van der Waals surface area contributed by atoms with Crippen molar-refractivity contribution >= 4 is 5.78 Å². The number of hydrogen-bond acceptors (Lipinski definition) is 3. The summed E-state index contributed by atoms with van der Waals surface area (Å²) in [5.41, 5.74) is 0.521. The van der Waals surface area contributed by atoms with Crippen molar-refractivity contribution in [1.29, 1.82) is 0 Å². The van der Waals surface area contributed by atoms with Crippen LogP contribution in [0.2, 0.25) is 0 Å². The zero-order valence-corrected chi connectivity index (χ0v) is 8.73. The van der Waals surface area contributed by atoms with E-state index < -0.39 is 5.60 Å². The maximum Gasteiger partial charge on any atom is 0.228 e. The van der Waals surface area contributed by atoms with E-state index in [1.54, 1.807) is 31.2 Å². The van der Waals surface area contributed by atoms with Crippen molar-refractivity contribution in [1.82, 2.24) is 0 Å². The number of aliphatic hydroxyl groups is 1. The summed E-state index contributed by atoms with van der Waals surface area (Å²) in [6.45, 7) is 1.67. The van der Waals surface area contributed by atoms with Crippen molar-refractivity contribution in [2.45, 2.75) is 12.5 Å². The van der Waals surface area contributed by atoms with Crippen LogP contribution in [0.25, 0.3) is 0 Å². The van der Waals surface area contributed by atoms with Gasteiger partial charge in [-0.15, -0.1) is 0 Å². The Morgan fingerprint density at radius 1 is 1.19 bits per heavy atom. The van der Waals surface area contributed by atoms with Gasteiger partial charge in [-0.2, -0.15) is 0 Å². The van der Waals surface area contributed by atoms with Crippen molar-refractivity contribution in [3.8, 4) is 0 Å². The van der Waals surface area contributed by atoms with Crippen molar-refractivity contribution in [3.63, 3.8) is 0 Å². The lowest BCUT2D eigenvalue weighted by molar-refractivity contribution is 0.0831. The summed E-state index contributed by atoms with van der Waals surface area (Å²) in [6, 6.07) is 8.70. The number of furan rings is 1. The summed E-state index contributed by atoms with van der Waals surface area (Å²) in [6.07, 6.45) is 1.43. The maximum absolute atomic E-state index is 12.1. The Bertz CT molecular complexity index is 578. The first-order valence-corrected chi connectivity index (χ1v) is 5.07. The van der Waals surface area contributed by atoms with E-state index in [4.69, 9.17) is 4.42 Å². The Kier molecular flexibility index (Phi) is 1.66. The molecule has 1 aromatic heterocycles. The van der Waals surface area contributed by atoms with Crippen LogP contribution in [0.4, 0.5) is 0 Å². The minimum Gasteiger partial charge on any atom is -0.460 e. The molecule has 1 heterocycles. The van der Waals surface area contributed by atoms with Gasteiger partial charge in [0.15, 0.2) is 5.76 Å². The van der Waals surface area contributed by atoms with Crippen LogP contribution >= 0.6 is 0 Å². The average Bonchev–Trinajstić information content (AvgIpc) is 2.76. The van der Waals surface area contributed by atoms with Crippen LogP contribution in [0.1, 0.15) is 34.2 Å². The molecule has 1 aliphatic carbocycles. The molecule has 0 radical (unpaired) electrons. The molecule has 0 bridgehead atoms. The molecule has 0 saturated carbocycles. The van der Waals surface area contributed by atoms with E-state index in [-0.39, 0.29) is 11.5 Å². The van der Waals surface area contributed by atoms with Gasteiger partial charge < -0.3 is 9.52 Å². The molecule has 1 aromatic carbocycles. The second-order valence-electron chi connectivity index (χ2n) is 4.11. The SMILES string of the molecule is CC1(O)c2ccccc2C(=O)c2occc21. The lowest BCUT2D eigenvalue weighted by atomic mass is 9.78. The smallest absolute Gasteiger partial charge is 0.228 e. The van der Waals surface area contributed by atoms with Gasteiger partial charge >= 0.3 is 0 Å². The quantitative estimate of drug-likeness (QED) is 0.730. The predicted molar refractivity (Wildman–Crippen MR) is 57.3 cm³/mol. The number of carbonyl (C=O) groups is 1. The normalized spacial score (nSPS) is 22.8.